The Bertz CT molecular complexity index is 1470. The number of sulfone groups is 1. The predicted octanol–water partition coefficient (Wildman–Crippen LogP) is 2.87. The third-order valence-corrected chi connectivity index (χ3v) is 8.09. The number of aliphatic hydroxyl groups is 1. The molecule has 9 nitrogen and oxygen atoms in total. The molecule has 1 amide bonds. The van der Waals surface area contributed by atoms with Crippen LogP contribution in [0.1, 0.15) is 23.2 Å². The van der Waals surface area contributed by atoms with E-state index in [1.54, 1.807) is 18.2 Å². The van der Waals surface area contributed by atoms with Crippen molar-refractivity contribution in [2.75, 3.05) is 32.4 Å². The van der Waals surface area contributed by atoms with Gasteiger partial charge in [-0.2, -0.15) is 0 Å². The number of H-pyrrole nitrogens is 1. The molecule has 2 heterocycles. The zero-order chi connectivity index (χ0) is 26.7. The van der Waals surface area contributed by atoms with E-state index in [2.05, 4.69) is 15.2 Å². The van der Waals surface area contributed by atoms with Crippen LogP contribution >= 0.6 is 23.2 Å². The third kappa shape index (κ3) is 6.82. The Balaban J connectivity index is 1.29. The lowest BCUT2D eigenvalue weighted by Crippen LogP contribution is -2.45. The van der Waals surface area contributed by atoms with Gasteiger partial charge in [0.05, 0.1) is 26.6 Å². The molecular formula is C25H27Cl2N3O6S. The van der Waals surface area contributed by atoms with Crippen molar-refractivity contribution in [3.8, 4) is 5.75 Å². The number of piperidine rings is 1. The van der Waals surface area contributed by atoms with E-state index in [-0.39, 0.29) is 28.5 Å². The first-order valence-electron chi connectivity index (χ1n) is 11.7. The molecule has 4 rings (SSSR count). The number of aromatic nitrogens is 1. The Morgan fingerprint density at radius 1 is 1.16 bits per heavy atom. The van der Waals surface area contributed by atoms with Crippen LogP contribution < -0.4 is 15.6 Å². The van der Waals surface area contributed by atoms with Crippen molar-refractivity contribution in [1.82, 2.24) is 15.2 Å². The van der Waals surface area contributed by atoms with Gasteiger partial charge in [-0.15, -0.1) is 0 Å². The third-order valence-electron chi connectivity index (χ3n) is 6.24. The van der Waals surface area contributed by atoms with Gasteiger partial charge in [0.1, 0.15) is 11.9 Å². The molecule has 1 aliphatic rings. The van der Waals surface area contributed by atoms with Crippen molar-refractivity contribution in [3.05, 3.63) is 68.6 Å². The molecule has 0 saturated carbocycles. The highest BCUT2D eigenvalue weighted by Gasteiger charge is 2.23. The largest absolute Gasteiger partial charge is 0.490 e. The van der Waals surface area contributed by atoms with Gasteiger partial charge in [0.15, 0.2) is 9.84 Å². The number of benzene rings is 2. The summed E-state index contributed by atoms with van der Waals surface area (Å²) in [4.78, 5) is 29.6. The second-order valence-electron chi connectivity index (χ2n) is 9.07. The van der Waals surface area contributed by atoms with Crippen LogP contribution in [0.4, 0.5) is 0 Å². The fourth-order valence-corrected chi connectivity index (χ4v) is 5.21. The number of pyridine rings is 1. The van der Waals surface area contributed by atoms with Crippen LogP contribution in [0, 0.1) is 0 Å². The average molecular weight is 568 g/mol. The second-order valence-corrected chi connectivity index (χ2v) is 11.9. The van der Waals surface area contributed by atoms with Gasteiger partial charge in [-0.3, -0.25) is 9.59 Å². The molecule has 12 heteroatoms. The molecule has 1 aromatic heterocycles. The maximum absolute atomic E-state index is 12.8. The van der Waals surface area contributed by atoms with Gasteiger partial charge >= 0.3 is 0 Å². The second kappa shape index (κ2) is 11.4. The maximum atomic E-state index is 12.8. The van der Waals surface area contributed by atoms with Crippen molar-refractivity contribution in [2.24, 2.45) is 0 Å². The fraction of sp³-hybridized carbons (Fsp3) is 0.360. The van der Waals surface area contributed by atoms with Crippen LogP contribution in [0.3, 0.4) is 0 Å². The summed E-state index contributed by atoms with van der Waals surface area (Å²) in [5.74, 6) is 0.180. The number of carbonyl (C=O) groups excluding carboxylic acids is 1. The van der Waals surface area contributed by atoms with Crippen LogP contribution in [-0.2, 0) is 9.84 Å². The molecule has 1 saturated heterocycles. The number of aliphatic hydroxyl groups excluding tert-OH is 1. The number of rotatable bonds is 8. The number of amides is 1. The van der Waals surface area contributed by atoms with E-state index in [1.165, 1.54) is 24.4 Å². The minimum Gasteiger partial charge on any atom is -0.490 e. The molecule has 1 fully saturated rings. The average Bonchev–Trinajstić information content (AvgIpc) is 2.85. The van der Waals surface area contributed by atoms with Gasteiger partial charge in [-0.05, 0) is 37.1 Å². The van der Waals surface area contributed by atoms with Crippen LogP contribution in [0.25, 0.3) is 10.8 Å². The van der Waals surface area contributed by atoms with Crippen molar-refractivity contribution in [3.63, 3.8) is 0 Å². The zero-order valence-electron chi connectivity index (χ0n) is 20.0. The number of nitrogens with zero attached hydrogens (tertiary/aromatic N) is 1. The minimum atomic E-state index is -3.51. The van der Waals surface area contributed by atoms with E-state index in [1.807, 2.05) is 0 Å². The molecular weight excluding hydrogens is 541 g/mol. The number of fused-ring (bicyclic) bond motifs is 1. The summed E-state index contributed by atoms with van der Waals surface area (Å²) in [6, 6.07) is 9.22. The van der Waals surface area contributed by atoms with Crippen molar-refractivity contribution < 1.29 is 23.1 Å². The summed E-state index contributed by atoms with van der Waals surface area (Å²) in [6.07, 6.45) is 3.11. The first-order chi connectivity index (χ1) is 17.5. The number of likely N-dealkylation sites (tertiary alicyclic amines) is 1. The molecule has 37 heavy (non-hydrogen) atoms. The number of aromatic amines is 1. The topological polar surface area (TPSA) is 129 Å². The number of hydrogen-bond acceptors (Lipinski definition) is 7. The SMILES string of the molecule is CS(=O)(=O)c1ccc2c(C(=O)NCC(O)CN3CCC(Oc4ccc(Cl)c(Cl)c4)CC3)c[nH]c(=O)c2c1. The summed E-state index contributed by atoms with van der Waals surface area (Å²) in [5, 5.41) is 14.5. The molecule has 0 bridgehead atoms. The van der Waals surface area contributed by atoms with Crippen molar-refractivity contribution in [2.45, 2.75) is 29.9 Å². The predicted molar refractivity (Wildman–Crippen MR) is 143 cm³/mol. The monoisotopic (exact) mass is 567 g/mol. The standard InChI is InChI=1S/C25H27Cl2N3O6S/c1-37(34,35)18-3-4-19-20(11-18)24(32)29-13-21(19)25(33)28-12-15(31)14-30-8-6-16(7-9-30)36-17-2-5-22(26)23(27)10-17/h2-5,10-11,13,15-16,31H,6-9,12,14H2,1H3,(H,28,33)(H,29,32). The van der Waals surface area contributed by atoms with Gasteiger partial charge in [-0.25, -0.2) is 8.42 Å². The number of β-amino-alcohol motifs (C(OH)–C–C–N with tert-alkyl or cyclic N) is 1. The lowest BCUT2D eigenvalue weighted by molar-refractivity contribution is 0.0594. The molecule has 1 aliphatic heterocycles. The Kier molecular flexibility index (Phi) is 8.45. The van der Waals surface area contributed by atoms with E-state index in [0.29, 0.717) is 27.7 Å². The van der Waals surface area contributed by atoms with E-state index >= 15 is 0 Å². The summed E-state index contributed by atoms with van der Waals surface area (Å²) in [6.45, 7) is 1.85. The van der Waals surface area contributed by atoms with Gasteiger partial charge in [0.2, 0.25) is 0 Å². The molecule has 1 unspecified atom stereocenters. The molecule has 2 aromatic carbocycles. The number of ether oxygens (including phenoxy) is 1. The van der Waals surface area contributed by atoms with E-state index in [9.17, 15) is 23.1 Å². The molecule has 0 aliphatic carbocycles. The number of nitrogens with one attached hydrogen (secondary N) is 2. The summed E-state index contributed by atoms with van der Waals surface area (Å²) in [7, 11) is -3.51. The summed E-state index contributed by atoms with van der Waals surface area (Å²) >= 11 is 12.0. The van der Waals surface area contributed by atoms with Crippen LogP contribution in [0.2, 0.25) is 10.0 Å². The van der Waals surface area contributed by atoms with Crippen LogP contribution in [-0.4, -0.2) is 74.0 Å². The van der Waals surface area contributed by atoms with Gasteiger partial charge in [-0.1, -0.05) is 29.3 Å². The zero-order valence-corrected chi connectivity index (χ0v) is 22.4. The fourth-order valence-electron chi connectivity index (χ4n) is 4.28. The number of halogens is 2. The number of carbonyl (C=O) groups is 1. The molecule has 3 N–H and O–H groups in total. The Morgan fingerprint density at radius 3 is 2.57 bits per heavy atom. The Morgan fingerprint density at radius 2 is 1.89 bits per heavy atom. The molecule has 3 aromatic rings. The lowest BCUT2D eigenvalue weighted by Gasteiger charge is -2.33. The van der Waals surface area contributed by atoms with Crippen molar-refractivity contribution in [1.29, 1.82) is 0 Å². The minimum absolute atomic E-state index is 0.00962. The highest BCUT2D eigenvalue weighted by atomic mass is 35.5. The van der Waals surface area contributed by atoms with E-state index < -0.39 is 27.4 Å². The van der Waals surface area contributed by atoms with E-state index in [4.69, 9.17) is 27.9 Å². The highest BCUT2D eigenvalue weighted by molar-refractivity contribution is 7.90. The molecule has 0 radical (unpaired) electrons. The maximum Gasteiger partial charge on any atom is 0.255 e. The van der Waals surface area contributed by atoms with Crippen molar-refractivity contribution >= 4 is 49.7 Å². The van der Waals surface area contributed by atoms with Gasteiger partial charge < -0.3 is 25.0 Å². The van der Waals surface area contributed by atoms with Gasteiger partial charge in [0, 0.05) is 55.5 Å². The van der Waals surface area contributed by atoms with Gasteiger partial charge in [0.25, 0.3) is 11.5 Å². The summed E-state index contributed by atoms with van der Waals surface area (Å²) in [5.41, 5.74) is -0.314. The smallest absolute Gasteiger partial charge is 0.255 e. The van der Waals surface area contributed by atoms with Crippen LogP contribution in [0.15, 0.2) is 52.3 Å². The summed E-state index contributed by atoms with van der Waals surface area (Å²) < 4.78 is 29.7. The first kappa shape index (κ1) is 27.4. The van der Waals surface area contributed by atoms with E-state index in [0.717, 1.165) is 32.2 Å². The quantitative estimate of drug-likeness (QED) is 0.381. The number of hydrogen-bond donors (Lipinski definition) is 3. The molecule has 1 atom stereocenters. The lowest BCUT2D eigenvalue weighted by atomic mass is 10.1. The first-order valence-corrected chi connectivity index (χ1v) is 14.3. The molecule has 0 spiro atoms. The molecule has 198 valence electrons. The normalized spacial score (nSPS) is 16.0. The van der Waals surface area contributed by atoms with Crippen LogP contribution in [0.5, 0.6) is 5.75 Å². The Labute approximate surface area is 224 Å². The highest BCUT2D eigenvalue weighted by Crippen LogP contribution is 2.28. The Hall–Kier alpha value is -2.63.